The lowest BCUT2D eigenvalue weighted by atomic mass is 9.94. The Hall–Kier alpha value is -4.19. The molecule has 4 aromatic rings. The van der Waals surface area contributed by atoms with Crippen LogP contribution in [0.15, 0.2) is 83.7 Å². The summed E-state index contributed by atoms with van der Waals surface area (Å²) in [5.41, 5.74) is 3.54. The van der Waals surface area contributed by atoms with E-state index >= 15 is 0 Å². The number of benzene rings is 3. The lowest BCUT2D eigenvalue weighted by Gasteiger charge is -2.15. The summed E-state index contributed by atoms with van der Waals surface area (Å²) < 4.78 is 6.14. The van der Waals surface area contributed by atoms with Crippen molar-refractivity contribution in [2.45, 2.75) is 25.8 Å². The summed E-state index contributed by atoms with van der Waals surface area (Å²) in [7, 11) is 0. The Bertz CT molecular complexity index is 1380. The maximum absolute atomic E-state index is 12.6. The average molecular weight is 437 g/mol. The van der Waals surface area contributed by atoms with Gasteiger partial charge in [-0.1, -0.05) is 42.5 Å². The molecule has 1 fully saturated rings. The van der Waals surface area contributed by atoms with E-state index in [9.17, 15) is 9.59 Å². The highest BCUT2D eigenvalue weighted by Gasteiger charge is 2.24. The van der Waals surface area contributed by atoms with Crippen LogP contribution in [0.25, 0.3) is 22.4 Å². The van der Waals surface area contributed by atoms with E-state index in [1.165, 1.54) is 0 Å². The molecular weight excluding hydrogens is 414 g/mol. The smallest absolute Gasteiger partial charge is 0.267 e. The number of amides is 1. The molecule has 0 bridgehead atoms. The topological polar surface area (TPSA) is 84.1 Å². The third kappa shape index (κ3) is 4.41. The zero-order valence-electron chi connectivity index (χ0n) is 18.2. The number of rotatable bonds is 6. The lowest BCUT2D eigenvalue weighted by Crippen LogP contribution is -2.25. The molecule has 0 saturated heterocycles. The molecule has 2 N–H and O–H groups in total. The Balaban J connectivity index is 1.62. The van der Waals surface area contributed by atoms with Crippen LogP contribution in [0.2, 0.25) is 0 Å². The third-order valence-electron chi connectivity index (χ3n) is 5.66. The Kier molecular flexibility index (Phi) is 5.48. The molecule has 6 heteroatoms. The predicted molar refractivity (Wildman–Crippen MR) is 127 cm³/mol. The van der Waals surface area contributed by atoms with Gasteiger partial charge in [0.1, 0.15) is 17.2 Å². The molecule has 1 aliphatic carbocycles. The molecule has 0 atom stereocenters. The number of nitrogens with one attached hydrogen (secondary N) is 2. The number of carbonyl (C=O) groups excluding carboxylic acids is 1. The number of hydrogen-bond donors (Lipinski definition) is 2. The second kappa shape index (κ2) is 8.74. The van der Waals surface area contributed by atoms with Crippen molar-refractivity contribution >= 4 is 5.91 Å². The van der Waals surface area contributed by atoms with Gasteiger partial charge in [-0.25, -0.2) is 5.10 Å². The zero-order valence-corrected chi connectivity index (χ0v) is 18.2. The molecular formula is C27H23N3O3. The Morgan fingerprint density at radius 2 is 1.76 bits per heavy atom. The van der Waals surface area contributed by atoms with Gasteiger partial charge < -0.3 is 10.1 Å². The second-order valence-electron chi connectivity index (χ2n) is 8.14. The van der Waals surface area contributed by atoms with E-state index in [4.69, 9.17) is 4.74 Å². The quantitative estimate of drug-likeness (QED) is 0.440. The minimum Gasteiger partial charge on any atom is -0.457 e. The summed E-state index contributed by atoms with van der Waals surface area (Å²) in [6, 6.07) is 24.6. The lowest BCUT2D eigenvalue weighted by molar-refractivity contribution is 0.0951. The highest BCUT2D eigenvalue weighted by Crippen LogP contribution is 2.38. The van der Waals surface area contributed by atoms with Gasteiger partial charge >= 0.3 is 0 Å². The number of aromatic nitrogens is 2. The molecule has 0 radical (unpaired) electrons. The molecule has 1 aromatic heterocycles. The van der Waals surface area contributed by atoms with Crippen LogP contribution in [0.3, 0.4) is 0 Å². The molecule has 6 nitrogen and oxygen atoms in total. The van der Waals surface area contributed by atoms with Gasteiger partial charge in [0.2, 0.25) is 0 Å². The van der Waals surface area contributed by atoms with Gasteiger partial charge in [0.05, 0.1) is 0 Å². The van der Waals surface area contributed by atoms with Crippen molar-refractivity contribution in [1.82, 2.24) is 15.5 Å². The monoisotopic (exact) mass is 437 g/mol. The first-order valence-corrected chi connectivity index (χ1v) is 10.9. The molecule has 3 aromatic carbocycles. The van der Waals surface area contributed by atoms with Crippen molar-refractivity contribution in [3.63, 3.8) is 0 Å². The Labute approximate surface area is 191 Å². The number of carbonyl (C=O) groups is 1. The molecule has 1 amide bonds. The first-order chi connectivity index (χ1) is 16.1. The third-order valence-corrected chi connectivity index (χ3v) is 5.66. The number of H-pyrrole nitrogens is 1. The maximum Gasteiger partial charge on any atom is 0.267 e. The SMILES string of the molecule is Cc1c(-c2cccc(C(=O)NC3CC3)c2)c(-c2ccccc2Oc2ccccc2)n[nH]c1=O. The highest BCUT2D eigenvalue weighted by atomic mass is 16.5. The summed E-state index contributed by atoms with van der Waals surface area (Å²) in [5, 5.41) is 10.0. The van der Waals surface area contributed by atoms with Crippen LogP contribution in [-0.2, 0) is 0 Å². The van der Waals surface area contributed by atoms with Crippen molar-refractivity contribution in [3.05, 3.63) is 100 Å². The fourth-order valence-electron chi connectivity index (χ4n) is 3.76. The zero-order chi connectivity index (χ0) is 22.8. The summed E-state index contributed by atoms with van der Waals surface area (Å²) in [6.07, 6.45) is 2.04. The van der Waals surface area contributed by atoms with Crippen molar-refractivity contribution < 1.29 is 9.53 Å². The van der Waals surface area contributed by atoms with Crippen LogP contribution in [0.1, 0.15) is 28.8 Å². The van der Waals surface area contributed by atoms with Crippen LogP contribution in [0.5, 0.6) is 11.5 Å². The van der Waals surface area contributed by atoms with Crippen molar-refractivity contribution in [2.24, 2.45) is 0 Å². The van der Waals surface area contributed by atoms with E-state index in [0.717, 1.165) is 24.0 Å². The highest BCUT2D eigenvalue weighted by molar-refractivity contribution is 5.96. The largest absolute Gasteiger partial charge is 0.457 e. The van der Waals surface area contributed by atoms with E-state index in [0.29, 0.717) is 33.9 Å². The van der Waals surface area contributed by atoms with Crippen molar-refractivity contribution in [3.8, 4) is 33.9 Å². The van der Waals surface area contributed by atoms with Gasteiger partial charge in [0, 0.05) is 28.3 Å². The molecule has 33 heavy (non-hydrogen) atoms. The molecule has 0 unspecified atom stereocenters. The fraction of sp³-hybridized carbons (Fsp3) is 0.148. The van der Waals surface area contributed by atoms with Crippen molar-refractivity contribution in [2.75, 3.05) is 0 Å². The van der Waals surface area contributed by atoms with Crippen LogP contribution in [-0.4, -0.2) is 22.1 Å². The predicted octanol–water partition coefficient (Wildman–Crippen LogP) is 5.10. The van der Waals surface area contributed by atoms with Gasteiger partial charge in [-0.2, -0.15) is 5.10 Å². The first-order valence-electron chi connectivity index (χ1n) is 10.9. The Morgan fingerprint density at radius 1 is 1.00 bits per heavy atom. The van der Waals surface area contributed by atoms with Crippen LogP contribution >= 0.6 is 0 Å². The second-order valence-corrected chi connectivity index (χ2v) is 8.14. The molecule has 164 valence electrons. The molecule has 0 aliphatic heterocycles. The van der Waals surface area contributed by atoms with E-state index in [-0.39, 0.29) is 17.5 Å². The molecule has 5 rings (SSSR count). The Morgan fingerprint density at radius 3 is 2.55 bits per heavy atom. The van der Waals surface area contributed by atoms with Gasteiger partial charge in [0.15, 0.2) is 0 Å². The standard InChI is InChI=1S/C27H23N3O3/c1-17-24(18-8-7-9-19(16-18)27(32)28-20-14-15-20)25(29-30-26(17)31)22-12-5-6-13-23(22)33-21-10-3-2-4-11-21/h2-13,16,20H,14-15H2,1H3,(H,28,32)(H,30,31). The number of ether oxygens (including phenoxy) is 1. The molecule has 1 aliphatic rings. The average Bonchev–Trinajstić information content (AvgIpc) is 3.66. The van der Waals surface area contributed by atoms with Gasteiger partial charge in [0.25, 0.3) is 11.5 Å². The number of aromatic amines is 1. The first kappa shape index (κ1) is 20.7. The van der Waals surface area contributed by atoms with E-state index in [1.54, 1.807) is 13.0 Å². The van der Waals surface area contributed by atoms with E-state index < -0.39 is 0 Å². The summed E-state index contributed by atoms with van der Waals surface area (Å²) in [6.45, 7) is 1.76. The van der Waals surface area contributed by atoms with Crippen LogP contribution in [0, 0.1) is 6.92 Å². The number of hydrogen-bond acceptors (Lipinski definition) is 4. The minimum absolute atomic E-state index is 0.107. The summed E-state index contributed by atoms with van der Waals surface area (Å²) in [4.78, 5) is 25.1. The molecule has 1 heterocycles. The van der Waals surface area contributed by atoms with Gasteiger partial charge in [-0.3, -0.25) is 9.59 Å². The maximum atomic E-state index is 12.6. The van der Waals surface area contributed by atoms with E-state index in [2.05, 4.69) is 15.5 Å². The van der Waals surface area contributed by atoms with E-state index in [1.807, 2.05) is 72.8 Å². The van der Waals surface area contributed by atoms with Gasteiger partial charge in [-0.15, -0.1) is 0 Å². The van der Waals surface area contributed by atoms with Crippen molar-refractivity contribution in [1.29, 1.82) is 0 Å². The minimum atomic E-state index is -0.275. The summed E-state index contributed by atoms with van der Waals surface area (Å²) >= 11 is 0. The molecule has 0 spiro atoms. The van der Waals surface area contributed by atoms with Crippen LogP contribution in [0.4, 0.5) is 0 Å². The number of nitrogens with zero attached hydrogens (tertiary/aromatic N) is 1. The summed E-state index contributed by atoms with van der Waals surface area (Å²) in [5.74, 6) is 1.21. The normalized spacial score (nSPS) is 12.9. The molecule has 1 saturated carbocycles. The van der Waals surface area contributed by atoms with Gasteiger partial charge in [-0.05, 0) is 61.7 Å². The van der Waals surface area contributed by atoms with Crippen LogP contribution < -0.4 is 15.6 Å². The fourth-order valence-corrected chi connectivity index (χ4v) is 3.76. The number of para-hydroxylation sites is 2.